The molecule has 0 saturated carbocycles. The lowest BCUT2D eigenvalue weighted by molar-refractivity contribution is 0.281. The topological polar surface area (TPSA) is 49.8 Å². The normalized spacial score (nSPS) is 11.2. The van der Waals surface area contributed by atoms with E-state index in [1.807, 2.05) is 31.0 Å². The van der Waals surface area contributed by atoms with Crippen molar-refractivity contribution in [2.75, 3.05) is 27.2 Å². The highest BCUT2D eigenvalue weighted by molar-refractivity contribution is 5.79. The van der Waals surface area contributed by atoms with Gasteiger partial charge in [0.15, 0.2) is 5.96 Å². The van der Waals surface area contributed by atoms with E-state index in [0.29, 0.717) is 25.4 Å². The molecular formula is C18H23FN4O. The molecule has 5 nitrogen and oxygen atoms in total. The van der Waals surface area contributed by atoms with Crippen LogP contribution in [0.3, 0.4) is 0 Å². The van der Waals surface area contributed by atoms with Gasteiger partial charge in [-0.3, -0.25) is 9.98 Å². The van der Waals surface area contributed by atoms with Crippen molar-refractivity contribution in [3.05, 3.63) is 59.7 Å². The number of aromatic nitrogens is 1. The van der Waals surface area contributed by atoms with Gasteiger partial charge in [-0.2, -0.15) is 0 Å². The summed E-state index contributed by atoms with van der Waals surface area (Å²) < 4.78 is 18.5. The zero-order valence-electron chi connectivity index (χ0n) is 14.3. The Morgan fingerprint density at radius 1 is 1.29 bits per heavy atom. The van der Waals surface area contributed by atoms with Crippen molar-refractivity contribution in [2.45, 2.75) is 13.5 Å². The molecule has 0 radical (unpaired) electrons. The molecule has 1 aromatic heterocycles. The van der Waals surface area contributed by atoms with Crippen molar-refractivity contribution in [2.24, 2.45) is 4.99 Å². The third-order valence-electron chi connectivity index (χ3n) is 3.61. The highest BCUT2D eigenvalue weighted by atomic mass is 19.1. The minimum absolute atomic E-state index is 0.270. The number of ether oxygens (including phenoxy) is 1. The van der Waals surface area contributed by atoms with Gasteiger partial charge in [-0.05, 0) is 42.8 Å². The van der Waals surface area contributed by atoms with Crippen LogP contribution < -0.4 is 10.1 Å². The summed E-state index contributed by atoms with van der Waals surface area (Å²) in [4.78, 5) is 10.6. The lowest BCUT2D eigenvalue weighted by atomic mass is 10.2. The standard InChI is InChI=1S/C18H23FN4O/c1-14-5-4-10-21-17(14)13-22-18(20-2)23(3)11-12-24-16-8-6-15(19)7-9-16/h4-10H,11-13H2,1-3H3,(H,20,22). The number of aryl methyl sites for hydroxylation is 1. The monoisotopic (exact) mass is 330 g/mol. The summed E-state index contributed by atoms with van der Waals surface area (Å²) in [5.74, 6) is 1.15. The van der Waals surface area contributed by atoms with E-state index in [4.69, 9.17) is 4.74 Å². The van der Waals surface area contributed by atoms with Gasteiger partial charge in [0, 0.05) is 20.3 Å². The number of likely N-dealkylation sites (N-methyl/N-ethyl adjacent to an activating group) is 1. The predicted octanol–water partition coefficient (Wildman–Crippen LogP) is 2.62. The number of nitrogens with one attached hydrogen (secondary N) is 1. The predicted molar refractivity (Wildman–Crippen MR) is 93.7 cm³/mol. The Labute approximate surface area is 142 Å². The van der Waals surface area contributed by atoms with E-state index >= 15 is 0 Å². The van der Waals surface area contributed by atoms with Crippen LogP contribution in [0, 0.1) is 12.7 Å². The molecule has 1 aromatic carbocycles. The van der Waals surface area contributed by atoms with Crippen molar-refractivity contribution in [1.82, 2.24) is 15.2 Å². The van der Waals surface area contributed by atoms with Crippen molar-refractivity contribution in [3.63, 3.8) is 0 Å². The summed E-state index contributed by atoms with van der Waals surface area (Å²) in [7, 11) is 3.68. The molecule has 1 N–H and O–H groups in total. The number of hydrogen-bond donors (Lipinski definition) is 1. The molecule has 0 bridgehead atoms. The number of halogens is 1. The second-order valence-electron chi connectivity index (χ2n) is 5.39. The Bertz CT molecular complexity index is 673. The van der Waals surface area contributed by atoms with Gasteiger partial charge in [-0.1, -0.05) is 6.07 Å². The van der Waals surface area contributed by atoms with E-state index < -0.39 is 0 Å². The van der Waals surface area contributed by atoms with E-state index in [1.54, 1.807) is 25.4 Å². The fourth-order valence-corrected chi connectivity index (χ4v) is 2.19. The molecular weight excluding hydrogens is 307 g/mol. The first-order valence-corrected chi connectivity index (χ1v) is 7.81. The molecule has 128 valence electrons. The van der Waals surface area contributed by atoms with Crippen molar-refractivity contribution < 1.29 is 9.13 Å². The Kier molecular flexibility index (Phi) is 6.54. The molecule has 0 unspecified atom stereocenters. The van der Waals surface area contributed by atoms with Crippen LogP contribution in [0.5, 0.6) is 5.75 Å². The molecule has 0 aliphatic heterocycles. The number of nitrogens with zero attached hydrogens (tertiary/aromatic N) is 3. The van der Waals surface area contributed by atoms with Crippen LogP contribution in [0.15, 0.2) is 47.6 Å². The minimum atomic E-state index is -0.270. The first kappa shape index (κ1) is 17.7. The Hall–Kier alpha value is -2.63. The van der Waals surface area contributed by atoms with Crippen molar-refractivity contribution in [3.8, 4) is 5.75 Å². The van der Waals surface area contributed by atoms with Gasteiger partial charge in [0.05, 0.1) is 18.8 Å². The largest absolute Gasteiger partial charge is 0.492 e. The zero-order valence-corrected chi connectivity index (χ0v) is 14.3. The van der Waals surface area contributed by atoms with E-state index in [0.717, 1.165) is 17.2 Å². The second kappa shape index (κ2) is 8.86. The van der Waals surface area contributed by atoms with Gasteiger partial charge in [-0.15, -0.1) is 0 Å². The fraction of sp³-hybridized carbons (Fsp3) is 0.333. The lowest BCUT2D eigenvalue weighted by Crippen LogP contribution is -2.40. The first-order chi connectivity index (χ1) is 11.6. The Morgan fingerprint density at radius 2 is 2.04 bits per heavy atom. The number of rotatable bonds is 6. The molecule has 24 heavy (non-hydrogen) atoms. The summed E-state index contributed by atoms with van der Waals surface area (Å²) in [6.45, 7) is 3.78. The maximum atomic E-state index is 12.8. The molecule has 0 fully saturated rings. The van der Waals surface area contributed by atoms with Crippen LogP contribution in [0.4, 0.5) is 4.39 Å². The minimum Gasteiger partial charge on any atom is -0.492 e. The molecule has 2 rings (SSSR count). The maximum absolute atomic E-state index is 12.8. The van der Waals surface area contributed by atoms with Crippen LogP contribution in [0.1, 0.15) is 11.3 Å². The van der Waals surface area contributed by atoms with E-state index in [1.165, 1.54) is 12.1 Å². The fourth-order valence-electron chi connectivity index (χ4n) is 2.19. The first-order valence-electron chi connectivity index (χ1n) is 7.81. The van der Waals surface area contributed by atoms with E-state index in [2.05, 4.69) is 15.3 Å². The van der Waals surface area contributed by atoms with Gasteiger partial charge in [0.25, 0.3) is 0 Å². The van der Waals surface area contributed by atoms with Gasteiger partial charge in [-0.25, -0.2) is 4.39 Å². The van der Waals surface area contributed by atoms with Gasteiger partial charge >= 0.3 is 0 Å². The molecule has 0 spiro atoms. The van der Waals surface area contributed by atoms with Crippen LogP contribution in [0.2, 0.25) is 0 Å². The average molecular weight is 330 g/mol. The molecule has 0 atom stereocenters. The van der Waals surface area contributed by atoms with E-state index in [9.17, 15) is 4.39 Å². The summed E-state index contributed by atoms with van der Waals surface area (Å²) in [6, 6.07) is 9.96. The SMILES string of the molecule is CN=C(NCc1ncccc1C)N(C)CCOc1ccc(F)cc1. The molecule has 6 heteroatoms. The summed E-state index contributed by atoms with van der Waals surface area (Å²) in [6.07, 6.45) is 1.78. The molecule has 0 aliphatic carbocycles. The van der Waals surface area contributed by atoms with Crippen molar-refractivity contribution in [1.29, 1.82) is 0 Å². The average Bonchev–Trinajstić information content (AvgIpc) is 2.59. The van der Waals surface area contributed by atoms with Crippen LogP contribution in [-0.2, 0) is 6.54 Å². The number of guanidine groups is 1. The second-order valence-corrected chi connectivity index (χ2v) is 5.39. The van der Waals surface area contributed by atoms with Crippen molar-refractivity contribution >= 4 is 5.96 Å². The highest BCUT2D eigenvalue weighted by Crippen LogP contribution is 2.10. The number of pyridine rings is 1. The quantitative estimate of drug-likeness (QED) is 0.653. The van der Waals surface area contributed by atoms with E-state index in [-0.39, 0.29) is 5.82 Å². The maximum Gasteiger partial charge on any atom is 0.193 e. The van der Waals surface area contributed by atoms with Gasteiger partial charge in [0.1, 0.15) is 18.2 Å². The molecule has 0 aliphatic rings. The smallest absolute Gasteiger partial charge is 0.193 e. The summed E-state index contributed by atoms with van der Waals surface area (Å²) >= 11 is 0. The third-order valence-corrected chi connectivity index (χ3v) is 3.61. The van der Waals surface area contributed by atoms with Gasteiger partial charge in [0.2, 0.25) is 0 Å². The lowest BCUT2D eigenvalue weighted by Gasteiger charge is -2.22. The Balaban J connectivity index is 1.80. The van der Waals surface area contributed by atoms with Crippen LogP contribution in [-0.4, -0.2) is 43.1 Å². The third kappa shape index (κ3) is 5.22. The zero-order chi connectivity index (χ0) is 17.4. The van der Waals surface area contributed by atoms with Crippen LogP contribution in [0.25, 0.3) is 0 Å². The molecule has 1 heterocycles. The van der Waals surface area contributed by atoms with Crippen LogP contribution >= 0.6 is 0 Å². The molecule has 0 saturated heterocycles. The number of aliphatic imine (C=N–C) groups is 1. The highest BCUT2D eigenvalue weighted by Gasteiger charge is 2.07. The summed E-state index contributed by atoms with van der Waals surface area (Å²) in [5, 5.41) is 3.29. The number of benzene rings is 1. The molecule has 2 aromatic rings. The number of hydrogen-bond acceptors (Lipinski definition) is 3. The summed E-state index contributed by atoms with van der Waals surface area (Å²) in [5.41, 5.74) is 2.14. The molecule has 0 amide bonds. The Morgan fingerprint density at radius 3 is 2.71 bits per heavy atom. The van der Waals surface area contributed by atoms with Gasteiger partial charge < -0.3 is 15.0 Å².